The summed E-state index contributed by atoms with van der Waals surface area (Å²) in [7, 11) is 0. The predicted octanol–water partition coefficient (Wildman–Crippen LogP) is 8.41. The molecule has 0 spiro atoms. The maximum absolute atomic E-state index is 4.11. The predicted molar refractivity (Wildman–Crippen MR) is 154 cm³/mol. The van der Waals surface area contributed by atoms with Gasteiger partial charge in [0.25, 0.3) is 0 Å². The van der Waals surface area contributed by atoms with Crippen molar-refractivity contribution >= 4 is 41.3 Å². The molecule has 0 atom stereocenters. The molecule has 0 saturated heterocycles. The Bertz CT molecular complexity index is 1600. The lowest BCUT2D eigenvalue weighted by atomic mass is 10.1. The first-order valence-electron chi connectivity index (χ1n) is 11.4. The number of allylic oxidation sites excluding steroid dienone is 2. The highest BCUT2D eigenvalue weighted by molar-refractivity contribution is 5.95. The van der Waals surface area contributed by atoms with Crippen molar-refractivity contribution in [1.82, 2.24) is 9.13 Å². The highest BCUT2D eigenvalue weighted by atomic mass is 15.0. The van der Waals surface area contributed by atoms with Gasteiger partial charge in [-0.3, -0.25) is 0 Å². The summed E-state index contributed by atoms with van der Waals surface area (Å²) >= 11 is 0. The molecule has 1 aliphatic rings. The minimum Gasteiger partial charge on any atom is -0.309 e. The zero-order valence-corrected chi connectivity index (χ0v) is 20.3. The van der Waals surface area contributed by atoms with Gasteiger partial charge in [0.05, 0.1) is 16.9 Å². The molecule has 0 unspecified atom stereocenters. The molecule has 0 N–H and O–H groups in total. The molecule has 2 aromatic heterocycles. The monoisotopic (exact) mass is 452 g/mol. The Labute approximate surface area is 207 Å². The second-order valence-electron chi connectivity index (χ2n) is 8.27. The number of benzene rings is 2. The molecule has 0 amide bonds. The first-order valence-corrected chi connectivity index (χ1v) is 11.4. The summed E-state index contributed by atoms with van der Waals surface area (Å²) in [5, 5.41) is 1.17. The Balaban J connectivity index is 0.00000141. The van der Waals surface area contributed by atoms with Crippen LogP contribution in [0.4, 0.5) is 0 Å². The summed E-state index contributed by atoms with van der Waals surface area (Å²) < 4.78 is 4.55. The van der Waals surface area contributed by atoms with E-state index >= 15 is 0 Å². The van der Waals surface area contributed by atoms with Gasteiger partial charge in [-0.05, 0) is 67.5 Å². The standard InChI is InChI=1S/C31H26N2.C2H2/c1-6-25-27-15-12-13-17-31(27)33(29(25)8-3)24-19-21(4)18-23(20-24)32-28(7-2)22(5)26-14-10-9-11-16-30(26)32;1-2/h6-10,12-20H,1-3H2,4-5H3;1-2H. The molecular formula is C33H28N2. The van der Waals surface area contributed by atoms with E-state index in [0.717, 1.165) is 39.5 Å². The van der Waals surface area contributed by atoms with Crippen molar-refractivity contribution in [3.05, 3.63) is 119 Å². The minimum absolute atomic E-state index is 1.04. The fourth-order valence-corrected chi connectivity index (χ4v) is 4.93. The summed E-state index contributed by atoms with van der Waals surface area (Å²) in [6, 6.07) is 15.1. The third-order valence-electron chi connectivity index (χ3n) is 6.33. The average Bonchev–Trinajstić information content (AvgIpc) is 3.22. The van der Waals surface area contributed by atoms with Gasteiger partial charge >= 0.3 is 0 Å². The van der Waals surface area contributed by atoms with Crippen LogP contribution in [-0.2, 0) is 0 Å². The van der Waals surface area contributed by atoms with Gasteiger partial charge < -0.3 is 9.13 Å². The first-order chi connectivity index (χ1) is 17.1. The number of nitrogens with zero attached hydrogens (tertiary/aromatic N) is 2. The van der Waals surface area contributed by atoms with Gasteiger partial charge in [0.2, 0.25) is 0 Å². The van der Waals surface area contributed by atoms with Crippen molar-refractivity contribution in [2.24, 2.45) is 0 Å². The van der Waals surface area contributed by atoms with E-state index in [0.29, 0.717) is 0 Å². The highest BCUT2D eigenvalue weighted by Crippen LogP contribution is 2.35. The fourth-order valence-electron chi connectivity index (χ4n) is 4.93. The van der Waals surface area contributed by atoms with Crippen LogP contribution in [-0.4, -0.2) is 9.13 Å². The van der Waals surface area contributed by atoms with Crippen molar-refractivity contribution in [2.75, 3.05) is 0 Å². The third-order valence-corrected chi connectivity index (χ3v) is 6.33. The van der Waals surface area contributed by atoms with Crippen LogP contribution in [0.2, 0.25) is 0 Å². The van der Waals surface area contributed by atoms with Crippen molar-refractivity contribution < 1.29 is 0 Å². The highest BCUT2D eigenvalue weighted by Gasteiger charge is 2.19. The Morgan fingerprint density at radius 2 is 1.54 bits per heavy atom. The summed E-state index contributed by atoms with van der Waals surface area (Å²) in [5.74, 6) is 0. The second kappa shape index (κ2) is 9.65. The smallest absolute Gasteiger partial charge is 0.0614 e. The summed E-state index contributed by atoms with van der Waals surface area (Å²) in [6.45, 7) is 16.6. The lowest BCUT2D eigenvalue weighted by Crippen LogP contribution is -2.04. The number of fused-ring (bicyclic) bond motifs is 2. The van der Waals surface area contributed by atoms with E-state index < -0.39 is 0 Å². The lowest BCUT2D eigenvalue weighted by Gasteiger charge is -2.16. The van der Waals surface area contributed by atoms with Crippen LogP contribution < -0.4 is 0 Å². The summed E-state index contributed by atoms with van der Waals surface area (Å²) in [6.07, 6.45) is 21.9. The number of rotatable bonds is 5. The molecule has 2 heteroatoms. The maximum atomic E-state index is 4.11. The number of hydrogen-bond acceptors (Lipinski definition) is 0. The number of terminal acetylenes is 1. The first kappa shape index (κ1) is 23.5. The largest absolute Gasteiger partial charge is 0.309 e. The molecule has 170 valence electrons. The van der Waals surface area contributed by atoms with Gasteiger partial charge in [-0.25, -0.2) is 0 Å². The SMILES string of the molecule is C#C.C=Cc1c(C=C)n(-c2cc(C)cc(-n3c(C=C)c(C)c4c3C=C=CC=C4)c2)c2ccccc12. The number of hydrogen-bond donors (Lipinski definition) is 0. The van der Waals surface area contributed by atoms with Crippen LogP contribution in [0, 0.1) is 26.7 Å². The number of para-hydroxylation sites is 1. The van der Waals surface area contributed by atoms with E-state index in [4.69, 9.17) is 0 Å². The molecule has 0 fully saturated rings. The quantitative estimate of drug-likeness (QED) is 0.212. The summed E-state index contributed by atoms with van der Waals surface area (Å²) in [4.78, 5) is 0. The van der Waals surface area contributed by atoms with Crippen molar-refractivity contribution in [2.45, 2.75) is 13.8 Å². The van der Waals surface area contributed by atoms with Crippen LogP contribution in [0.15, 0.2) is 80.1 Å². The van der Waals surface area contributed by atoms with E-state index in [1.807, 2.05) is 36.5 Å². The van der Waals surface area contributed by atoms with Crippen molar-refractivity contribution in [3.8, 4) is 24.2 Å². The van der Waals surface area contributed by atoms with Gasteiger partial charge in [-0.15, -0.1) is 18.6 Å². The van der Waals surface area contributed by atoms with Crippen LogP contribution in [0.3, 0.4) is 0 Å². The molecule has 0 aliphatic heterocycles. The molecule has 5 rings (SSSR count). The van der Waals surface area contributed by atoms with E-state index in [9.17, 15) is 0 Å². The Kier molecular flexibility index (Phi) is 6.47. The van der Waals surface area contributed by atoms with Crippen LogP contribution in [0.5, 0.6) is 0 Å². The second-order valence-corrected chi connectivity index (χ2v) is 8.27. The van der Waals surface area contributed by atoms with Crippen molar-refractivity contribution in [1.29, 1.82) is 0 Å². The van der Waals surface area contributed by atoms with Crippen LogP contribution in [0.1, 0.15) is 39.3 Å². The molecule has 2 aromatic carbocycles. The molecule has 35 heavy (non-hydrogen) atoms. The number of aromatic nitrogens is 2. The van der Waals surface area contributed by atoms with E-state index in [2.05, 4.69) is 110 Å². The van der Waals surface area contributed by atoms with Crippen LogP contribution >= 0.6 is 0 Å². The van der Waals surface area contributed by atoms with E-state index in [-0.39, 0.29) is 0 Å². The van der Waals surface area contributed by atoms with Crippen LogP contribution in [0.25, 0.3) is 52.7 Å². The van der Waals surface area contributed by atoms with E-state index in [1.165, 1.54) is 22.1 Å². The van der Waals surface area contributed by atoms with Crippen molar-refractivity contribution in [3.63, 3.8) is 0 Å². The molecule has 2 nitrogen and oxygen atoms in total. The Hall–Kier alpha value is -4.70. The fraction of sp³-hybridized carbons (Fsp3) is 0.0606. The third kappa shape index (κ3) is 3.75. The Morgan fingerprint density at radius 1 is 0.857 bits per heavy atom. The Morgan fingerprint density at radius 3 is 2.23 bits per heavy atom. The topological polar surface area (TPSA) is 9.86 Å². The van der Waals surface area contributed by atoms with E-state index in [1.54, 1.807) is 0 Å². The maximum Gasteiger partial charge on any atom is 0.0614 e. The molecule has 0 saturated carbocycles. The molecular weight excluding hydrogens is 424 g/mol. The molecule has 4 aromatic rings. The van der Waals surface area contributed by atoms with Gasteiger partial charge in [-0.2, -0.15) is 0 Å². The van der Waals surface area contributed by atoms with Gasteiger partial charge in [0.15, 0.2) is 0 Å². The van der Waals surface area contributed by atoms with Gasteiger partial charge in [0.1, 0.15) is 0 Å². The zero-order valence-electron chi connectivity index (χ0n) is 20.3. The normalized spacial score (nSPS) is 11.4. The van der Waals surface area contributed by atoms with Gasteiger partial charge in [-0.1, -0.05) is 56.2 Å². The molecule has 1 aliphatic carbocycles. The zero-order chi connectivity index (χ0) is 25.1. The van der Waals surface area contributed by atoms with Gasteiger partial charge in [0, 0.05) is 39.7 Å². The lowest BCUT2D eigenvalue weighted by molar-refractivity contribution is 1.02. The average molecular weight is 453 g/mol. The molecule has 0 radical (unpaired) electrons. The summed E-state index contributed by atoms with van der Waals surface area (Å²) in [5.41, 5.74) is 14.5. The minimum atomic E-state index is 1.04. The molecule has 0 bridgehead atoms. The number of aryl methyl sites for hydroxylation is 1. The molecule has 2 heterocycles.